The van der Waals surface area contributed by atoms with Crippen LogP contribution in [0.25, 0.3) is 11.0 Å². The Hall–Kier alpha value is -3.12. The molecule has 6 heteroatoms. The number of carbonyl (C=O) groups excluding carboxylic acids is 1. The standard InChI is InChI=1S/C26H26BrN3O2/c1-18-7-5-8-19(2)25(18)32-16-15-30-23-12-4-3-11-22(23)29-24(30)13-14-28-26(31)20-9-6-10-21(27)17-20/h3-12,17H,13-16H2,1-2H3,(H,28,31). The van der Waals surface area contributed by atoms with Crippen molar-refractivity contribution in [1.29, 1.82) is 0 Å². The van der Waals surface area contributed by atoms with Crippen molar-refractivity contribution in [3.8, 4) is 5.75 Å². The summed E-state index contributed by atoms with van der Waals surface area (Å²) < 4.78 is 9.21. The highest BCUT2D eigenvalue weighted by Crippen LogP contribution is 2.23. The van der Waals surface area contributed by atoms with Gasteiger partial charge in [0.2, 0.25) is 0 Å². The van der Waals surface area contributed by atoms with Gasteiger partial charge in [-0.3, -0.25) is 4.79 Å². The smallest absolute Gasteiger partial charge is 0.251 e. The summed E-state index contributed by atoms with van der Waals surface area (Å²) in [6, 6.07) is 21.7. The van der Waals surface area contributed by atoms with Crippen LogP contribution in [0.2, 0.25) is 0 Å². The van der Waals surface area contributed by atoms with Gasteiger partial charge < -0.3 is 14.6 Å². The van der Waals surface area contributed by atoms with Gasteiger partial charge >= 0.3 is 0 Å². The number of amides is 1. The van der Waals surface area contributed by atoms with Gasteiger partial charge in [0.05, 0.1) is 17.6 Å². The van der Waals surface area contributed by atoms with Gasteiger partial charge in [0.15, 0.2) is 0 Å². The normalized spacial score (nSPS) is 11.0. The molecule has 0 fully saturated rings. The van der Waals surface area contributed by atoms with Crippen LogP contribution < -0.4 is 10.1 Å². The molecule has 1 N–H and O–H groups in total. The van der Waals surface area contributed by atoms with Gasteiger partial charge in [-0.2, -0.15) is 0 Å². The molecular weight excluding hydrogens is 466 g/mol. The zero-order valence-corrected chi connectivity index (χ0v) is 19.9. The van der Waals surface area contributed by atoms with E-state index in [2.05, 4.69) is 57.9 Å². The summed E-state index contributed by atoms with van der Waals surface area (Å²) in [4.78, 5) is 17.3. The van der Waals surface area contributed by atoms with Gasteiger partial charge in [-0.05, 0) is 55.3 Å². The summed E-state index contributed by atoms with van der Waals surface area (Å²) in [5.41, 5.74) is 4.93. The fourth-order valence-electron chi connectivity index (χ4n) is 3.85. The number of carbonyl (C=O) groups is 1. The maximum absolute atomic E-state index is 12.5. The zero-order chi connectivity index (χ0) is 22.5. The molecule has 4 aromatic rings. The van der Waals surface area contributed by atoms with Crippen molar-refractivity contribution < 1.29 is 9.53 Å². The summed E-state index contributed by atoms with van der Waals surface area (Å²) >= 11 is 3.41. The Labute approximate surface area is 196 Å². The number of hydrogen-bond donors (Lipinski definition) is 1. The first kappa shape index (κ1) is 22.1. The number of imidazole rings is 1. The molecule has 0 saturated carbocycles. The minimum Gasteiger partial charge on any atom is -0.491 e. The highest BCUT2D eigenvalue weighted by Gasteiger charge is 2.12. The molecule has 1 amide bonds. The molecule has 0 aliphatic carbocycles. The predicted molar refractivity (Wildman–Crippen MR) is 131 cm³/mol. The van der Waals surface area contributed by atoms with Gasteiger partial charge in [0, 0.05) is 23.0 Å². The molecule has 32 heavy (non-hydrogen) atoms. The van der Waals surface area contributed by atoms with Crippen LogP contribution in [0.4, 0.5) is 0 Å². The number of hydrogen-bond acceptors (Lipinski definition) is 3. The third-order valence-corrected chi connectivity index (χ3v) is 5.92. The van der Waals surface area contributed by atoms with Gasteiger partial charge in [0.25, 0.3) is 5.91 Å². The van der Waals surface area contributed by atoms with Crippen molar-refractivity contribution in [2.75, 3.05) is 13.2 Å². The Morgan fingerprint density at radius 2 is 1.78 bits per heavy atom. The van der Waals surface area contributed by atoms with Crippen molar-refractivity contribution >= 4 is 32.9 Å². The molecule has 0 atom stereocenters. The number of ether oxygens (including phenoxy) is 1. The lowest BCUT2D eigenvalue weighted by molar-refractivity contribution is 0.0954. The van der Waals surface area contributed by atoms with Crippen LogP contribution in [-0.2, 0) is 13.0 Å². The van der Waals surface area contributed by atoms with Crippen LogP contribution in [0.3, 0.4) is 0 Å². The van der Waals surface area contributed by atoms with E-state index in [-0.39, 0.29) is 5.91 Å². The Kier molecular flexibility index (Phi) is 6.90. The number of nitrogens with one attached hydrogen (secondary N) is 1. The number of nitrogens with zero attached hydrogens (tertiary/aromatic N) is 2. The second kappa shape index (κ2) is 10.0. The maximum Gasteiger partial charge on any atom is 0.251 e. The SMILES string of the molecule is Cc1cccc(C)c1OCCn1c(CCNC(=O)c2cccc(Br)c2)nc2ccccc21. The molecule has 0 spiro atoms. The number of halogens is 1. The van der Waals surface area contributed by atoms with Crippen LogP contribution >= 0.6 is 15.9 Å². The van der Waals surface area contributed by atoms with E-state index in [1.165, 1.54) is 0 Å². The van der Waals surface area contributed by atoms with E-state index in [0.717, 1.165) is 38.2 Å². The molecule has 0 radical (unpaired) electrons. The molecule has 0 unspecified atom stereocenters. The Morgan fingerprint density at radius 1 is 1.03 bits per heavy atom. The first-order chi connectivity index (χ1) is 15.5. The Morgan fingerprint density at radius 3 is 2.56 bits per heavy atom. The topological polar surface area (TPSA) is 56.1 Å². The van der Waals surface area contributed by atoms with Crippen molar-refractivity contribution in [2.24, 2.45) is 0 Å². The number of aromatic nitrogens is 2. The second-order valence-electron chi connectivity index (χ2n) is 7.75. The second-order valence-corrected chi connectivity index (χ2v) is 8.67. The fourth-order valence-corrected chi connectivity index (χ4v) is 4.25. The summed E-state index contributed by atoms with van der Waals surface area (Å²) in [7, 11) is 0. The molecule has 0 bridgehead atoms. The molecule has 0 aliphatic heterocycles. The Bertz CT molecular complexity index is 1230. The number of rotatable bonds is 8. The van der Waals surface area contributed by atoms with Gasteiger partial charge in [-0.1, -0.05) is 52.3 Å². The molecule has 0 saturated heterocycles. The van der Waals surface area contributed by atoms with E-state index in [9.17, 15) is 4.79 Å². The number of para-hydroxylation sites is 3. The molecule has 164 valence electrons. The van der Waals surface area contributed by atoms with E-state index in [0.29, 0.717) is 31.7 Å². The minimum absolute atomic E-state index is 0.0904. The largest absolute Gasteiger partial charge is 0.491 e. The first-order valence-corrected chi connectivity index (χ1v) is 11.5. The minimum atomic E-state index is -0.0904. The fraction of sp³-hybridized carbons (Fsp3) is 0.231. The molecule has 1 aromatic heterocycles. The maximum atomic E-state index is 12.5. The van der Waals surface area contributed by atoms with Crippen LogP contribution in [0.15, 0.2) is 71.2 Å². The first-order valence-electron chi connectivity index (χ1n) is 10.7. The molecule has 1 heterocycles. The predicted octanol–water partition coefficient (Wildman–Crippen LogP) is 5.47. The molecule has 4 rings (SSSR count). The van der Waals surface area contributed by atoms with E-state index in [4.69, 9.17) is 9.72 Å². The average Bonchev–Trinajstić information content (AvgIpc) is 3.13. The van der Waals surface area contributed by atoms with E-state index >= 15 is 0 Å². The summed E-state index contributed by atoms with van der Waals surface area (Å²) in [6.07, 6.45) is 0.637. The van der Waals surface area contributed by atoms with E-state index in [1.807, 2.05) is 42.5 Å². The van der Waals surface area contributed by atoms with Crippen LogP contribution in [0.1, 0.15) is 27.3 Å². The monoisotopic (exact) mass is 491 g/mol. The number of aryl methyl sites for hydroxylation is 2. The molecule has 5 nitrogen and oxygen atoms in total. The van der Waals surface area contributed by atoms with Crippen molar-refractivity contribution in [3.05, 3.63) is 93.7 Å². The van der Waals surface area contributed by atoms with Crippen molar-refractivity contribution in [3.63, 3.8) is 0 Å². The van der Waals surface area contributed by atoms with E-state index < -0.39 is 0 Å². The third kappa shape index (κ3) is 5.02. The van der Waals surface area contributed by atoms with Gasteiger partial charge in [0.1, 0.15) is 18.2 Å². The summed E-state index contributed by atoms with van der Waals surface area (Å²) in [5.74, 6) is 1.79. The Balaban J connectivity index is 1.45. The zero-order valence-electron chi connectivity index (χ0n) is 18.3. The lowest BCUT2D eigenvalue weighted by Gasteiger charge is -2.14. The summed E-state index contributed by atoms with van der Waals surface area (Å²) in [5, 5.41) is 3.00. The van der Waals surface area contributed by atoms with Crippen LogP contribution in [0, 0.1) is 13.8 Å². The summed E-state index contributed by atoms with van der Waals surface area (Å²) in [6.45, 7) is 5.86. The van der Waals surface area contributed by atoms with Crippen molar-refractivity contribution in [2.45, 2.75) is 26.8 Å². The molecule has 0 aliphatic rings. The lowest BCUT2D eigenvalue weighted by Crippen LogP contribution is -2.26. The van der Waals surface area contributed by atoms with Crippen LogP contribution in [-0.4, -0.2) is 28.6 Å². The average molecular weight is 492 g/mol. The highest BCUT2D eigenvalue weighted by atomic mass is 79.9. The quantitative estimate of drug-likeness (QED) is 0.355. The lowest BCUT2D eigenvalue weighted by atomic mass is 10.1. The number of benzene rings is 3. The molecule has 3 aromatic carbocycles. The van der Waals surface area contributed by atoms with Crippen LogP contribution in [0.5, 0.6) is 5.75 Å². The van der Waals surface area contributed by atoms with Gasteiger partial charge in [-0.15, -0.1) is 0 Å². The molecular formula is C26H26BrN3O2. The van der Waals surface area contributed by atoms with E-state index in [1.54, 1.807) is 6.07 Å². The van der Waals surface area contributed by atoms with Gasteiger partial charge in [-0.25, -0.2) is 4.98 Å². The number of fused-ring (bicyclic) bond motifs is 1. The third-order valence-electron chi connectivity index (χ3n) is 5.42. The van der Waals surface area contributed by atoms with Crippen molar-refractivity contribution in [1.82, 2.24) is 14.9 Å². The highest BCUT2D eigenvalue weighted by molar-refractivity contribution is 9.10.